The molecule has 0 bridgehead atoms. The summed E-state index contributed by atoms with van der Waals surface area (Å²) in [5.41, 5.74) is 3.79. The Hall–Kier alpha value is -4.39. The van der Waals surface area contributed by atoms with E-state index in [9.17, 15) is 0 Å². The van der Waals surface area contributed by atoms with Crippen LogP contribution >= 0.6 is 7.14 Å². The average Bonchev–Trinajstić information content (AvgIpc) is 3.51. The van der Waals surface area contributed by atoms with Crippen LogP contribution in [0.4, 0.5) is 5.69 Å². The summed E-state index contributed by atoms with van der Waals surface area (Å²) in [7, 11) is -3.20. The molecule has 41 heavy (non-hydrogen) atoms. The maximum Gasteiger partial charge on any atom is 0.173 e. The highest BCUT2D eigenvalue weighted by Crippen LogP contribution is 2.49. The van der Waals surface area contributed by atoms with Gasteiger partial charge in [-0.1, -0.05) is 152 Å². The molecule has 1 fully saturated rings. The van der Waals surface area contributed by atoms with Crippen LogP contribution in [0.1, 0.15) is 23.0 Å². The van der Waals surface area contributed by atoms with Gasteiger partial charge >= 0.3 is 0 Å². The summed E-state index contributed by atoms with van der Waals surface area (Å²) in [6, 6.07) is 54.7. The first-order valence-corrected chi connectivity index (χ1v) is 16.0. The van der Waals surface area contributed by atoms with E-state index in [0.29, 0.717) is 11.8 Å². The second-order valence-corrected chi connectivity index (χ2v) is 13.6. The molecule has 0 N–H and O–H groups in total. The van der Waals surface area contributed by atoms with Crippen LogP contribution in [-0.4, -0.2) is 13.1 Å². The smallest absolute Gasteiger partial charge is 0.173 e. The molecular weight excluding hydrogens is 517 g/mol. The van der Waals surface area contributed by atoms with Crippen molar-refractivity contribution in [2.45, 2.75) is 11.8 Å². The molecule has 0 aliphatic carbocycles. The summed E-state index contributed by atoms with van der Waals surface area (Å²) in [5.74, 6) is 0.636. The van der Waals surface area contributed by atoms with Crippen molar-refractivity contribution in [3.8, 4) is 0 Å². The SMILES string of the molecule is O=P(c1ccccc1)(c1ccccc1)c1ccc2ccccc2c1N1C[C@@H](c2ccccc2)[C@H](c2ccccc2)C1. The highest BCUT2D eigenvalue weighted by molar-refractivity contribution is 7.85. The van der Waals surface area contributed by atoms with Gasteiger partial charge in [-0.15, -0.1) is 0 Å². The Labute approximate surface area is 242 Å². The van der Waals surface area contributed by atoms with Crippen molar-refractivity contribution in [1.29, 1.82) is 0 Å². The molecule has 6 aromatic rings. The first kappa shape index (κ1) is 25.6. The van der Waals surface area contributed by atoms with Gasteiger partial charge in [0.25, 0.3) is 0 Å². The van der Waals surface area contributed by atoms with Crippen molar-refractivity contribution in [2.75, 3.05) is 18.0 Å². The van der Waals surface area contributed by atoms with Crippen LogP contribution in [0.15, 0.2) is 158 Å². The van der Waals surface area contributed by atoms with E-state index in [2.05, 4.69) is 102 Å². The fourth-order valence-corrected chi connectivity index (χ4v) is 9.48. The predicted molar refractivity (Wildman–Crippen MR) is 174 cm³/mol. The molecule has 1 aliphatic heterocycles. The van der Waals surface area contributed by atoms with E-state index in [4.69, 9.17) is 0 Å². The number of anilines is 1. The van der Waals surface area contributed by atoms with Crippen LogP contribution in [0, 0.1) is 0 Å². The average molecular weight is 550 g/mol. The second kappa shape index (κ2) is 10.9. The molecule has 200 valence electrons. The third kappa shape index (κ3) is 4.59. The lowest BCUT2D eigenvalue weighted by Crippen LogP contribution is -2.32. The summed E-state index contributed by atoms with van der Waals surface area (Å²) < 4.78 is 15.7. The summed E-state index contributed by atoms with van der Waals surface area (Å²) in [6.45, 7) is 1.71. The Bertz CT molecular complexity index is 1730. The van der Waals surface area contributed by atoms with Crippen molar-refractivity contribution in [3.63, 3.8) is 0 Å². The first-order valence-electron chi connectivity index (χ1n) is 14.3. The van der Waals surface area contributed by atoms with E-state index in [1.54, 1.807) is 0 Å². The lowest BCUT2D eigenvalue weighted by atomic mass is 9.84. The van der Waals surface area contributed by atoms with Gasteiger partial charge in [-0.3, -0.25) is 0 Å². The Balaban J connectivity index is 1.46. The summed E-state index contributed by atoms with van der Waals surface area (Å²) in [6.07, 6.45) is 0. The predicted octanol–water partition coefficient (Wildman–Crippen LogP) is 7.87. The highest BCUT2D eigenvalue weighted by Gasteiger charge is 2.40. The molecule has 0 spiro atoms. The van der Waals surface area contributed by atoms with Gasteiger partial charge in [0.15, 0.2) is 7.14 Å². The lowest BCUT2D eigenvalue weighted by Gasteiger charge is -2.29. The van der Waals surface area contributed by atoms with Crippen LogP contribution in [0.3, 0.4) is 0 Å². The minimum Gasteiger partial charge on any atom is -0.369 e. The lowest BCUT2D eigenvalue weighted by molar-refractivity contribution is 0.592. The molecule has 0 saturated carbocycles. The van der Waals surface area contributed by atoms with Gasteiger partial charge in [0, 0.05) is 46.2 Å². The molecule has 3 heteroatoms. The number of rotatable bonds is 6. The van der Waals surface area contributed by atoms with Crippen molar-refractivity contribution >= 4 is 39.5 Å². The Kier molecular flexibility index (Phi) is 6.79. The van der Waals surface area contributed by atoms with Crippen molar-refractivity contribution in [2.24, 2.45) is 0 Å². The van der Waals surface area contributed by atoms with E-state index in [0.717, 1.165) is 40.1 Å². The maximum absolute atomic E-state index is 15.7. The maximum atomic E-state index is 15.7. The quantitative estimate of drug-likeness (QED) is 0.197. The Morgan fingerprint density at radius 2 is 0.927 bits per heavy atom. The van der Waals surface area contributed by atoms with Crippen molar-refractivity contribution in [1.82, 2.24) is 0 Å². The Morgan fingerprint density at radius 3 is 1.44 bits per heavy atom. The standard InChI is InChI=1S/C38H32NOP/c40-41(32-20-9-3-10-21-32,33-22-11-4-12-23-33)37-26-25-31-19-13-14-24-34(31)38(37)39-27-35(29-15-5-1-6-16-29)36(28-39)30-17-7-2-8-18-30/h1-26,35-36H,27-28H2/t35-,36-/m0/s1. The zero-order valence-electron chi connectivity index (χ0n) is 22.9. The van der Waals surface area contributed by atoms with Crippen molar-refractivity contribution in [3.05, 3.63) is 169 Å². The topological polar surface area (TPSA) is 20.3 Å². The molecule has 0 aromatic heterocycles. The molecule has 0 amide bonds. The fourth-order valence-electron chi connectivity index (χ4n) is 6.60. The third-order valence-corrected chi connectivity index (χ3v) is 11.6. The molecule has 1 aliphatic rings. The van der Waals surface area contributed by atoms with E-state index in [1.165, 1.54) is 16.5 Å². The molecule has 7 rings (SSSR count). The van der Waals surface area contributed by atoms with Crippen LogP contribution in [-0.2, 0) is 4.57 Å². The van der Waals surface area contributed by atoms with Gasteiger partial charge in [0.1, 0.15) is 0 Å². The minimum absolute atomic E-state index is 0.318. The summed E-state index contributed by atoms with van der Waals surface area (Å²) in [5, 5.41) is 4.95. The monoisotopic (exact) mass is 549 g/mol. The van der Waals surface area contributed by atoms with E-state index >= 15 is 4.57 Å². The normalized spacial score (nSPS) is 17.1. The molecule has 1 heterocycles. The molecule has 1 saturated heterocycles. The van der Waals surface area contributed by atoms with Gasteiger partial charge in [0.2, 0.25) is 0 Å². The number of benzene rings is 6. The third-order valence-electron chi connectivity index (χ3n) is 8.55. The Morgan fingerprint density at radius 1 is 0.488 bits per heavy atom. The number of hydrogen-bond acceptors (Lipinski definition) is 2. The van der Waals surface area contributed by atoms with Crippen LogP contribution in [0.2, 0.25) is 0 Å². The zero-order chi connectivity index (χ0) is 27.6. The zero-order valence-corrected chi connectivity index (χ0v) is 23.8. The molecule has 6 aromatic carbocycles. The van der Waals surface area contributed by atoms with Gasteiger partial charge in [-0.05, 0) is 22.6 Å². The fraction of sp³-hybridized carbons (Fsp3) is 0.105. The van der Waals surface area contributed by atoms with Crippen LogP contribution in [0.5, 0.6) is 0 Å². The highest BCUT2D eigenvalue weighted by atomic mass is 31.2. The molecular formula is C38H32NOP. The summed E-state index contributed by atoms with van der Waals surface area (Å²) in [4.78, 5) is 2.52. The van der Waals surface area contributed by atoms with E-state index in [1.807, 2.05) is 60.7 Å². The van der Waals surface area contributed by atoms with Gasteiger partial charge in [0.05, 0.1) is 5.69 Å². The van der Waals surface area contributed by atoms with Gasteiger partial charge < -0.3 is 9.46 Å². The number of hydrogen-bond donors (Lipinski definition) is 0. The molecule has 0 radical (unpaired) electrons. The molecule has 2 atom stereocenters. The first-order chi connectivity index (χ1) is 20.2. The van der Waals surface area contributed by atoms with Crippen molar-refractivity contribution < 1.29 is 4.57 Å². The molecule has 2 nitrogen and oxygen atoms in total. The van der Waals surface area contributed by atoms with E-state index in [-0.39, 0.29) is 0 Å². The largest absolute Gasteiger partial charge is 0.369 e. The van der Waals surface area contributed by atoms with Gasteiger partial charge in [-0.25, -0.2) is 0 Å². The van der Waals surface area contributed by atoms with E-state index < -0.39 is 7.14 Å². The minimum atomic E-state index is -3.20. The van der Waals surface area contributed by atoms with Crippen LogP contribution < -0.4 is 20.8 Å². The van der Waals surface area contributed by atoms with Gasteiger partial charge in [-0.2, -0.15) is 0 Å². The van der Waals surface area contributed by atoms with Crippen LogP contribution in [0.25, 0.3) is 10.8 Å². The second-order valence-electron chi connectivity index (χ2n) is 10.9. The molecule has 0 unspecified atom stereocenters. The number of nitrogens with zero attached hydrogens (tertiary/aromatic N) is 1. The summed E-state index contributed by atoms with van der Waals surface area (Å²) >= 11 is 0. The number of fused-ring (bicyclic) bond motifs is 1.